The van der Waals surface area contributed by atoms with Crippen molar-refractivity contribution in [3.05, 3.63) is 69.8 Å². The van der Waals surface area contributed by atoms with Gasteiger partial charge in [-0.3, -0.25) is 19.7 Å². The van der Waals surface area contributed by atoms with Gasteiger partial charge in [0.25, 0.3) is 17.5 Å². The van der Waals surface area contributed by atoms with Crippen molar-refractivity contribution in [2.45, 2.75) is 13.0 Å². The maximum atomic E-state index is 13.5. The van der Waals surface area contributed by atoms with E-state index in [1.807, 2.05) is 0 Å². The van der Waals surface area contributed by atoms with Gasteiger partial charge in [0.05, 0.1) is 10.6 Å². The third-order valence-corrected chi connectivity index (χ3v) is 3.57. The molecule has 9 nitrogen and oxygen atoms in total. The highest BCUT2D eigenvalue weighted by Gasteiger charge is 2.20. The molecule has 1 atom stereocenters. The van der Waals surface area contributed by atoms with E-state index in [1.54, 1.807) is 0 Å². The van der Waals surface area contributed by atoms with E-state index in [1.165, 1.54) is 25.1 Å². The molecule has 0 heterocycles. The quantitative estimate of drug-likeness (QED) is 0.411. The van der Waals surface area contributed by atoms with Gasteiger partial charge < -0.3 is 15.4 Å². The highest BCUT2D eigenvalue weighted by atomic mass is 19.1. The first-order chi connectivity index (χ1) is 13.7. The zero-order valence-corrected chi connectivity index (χ0v) is 15.0. The zero-order chi connectivity index (χ0) is 21.6. The van der Waals surface area contributed by atoms with Crippen LogP contribution in [0.3, 0.4) is 0 Å². The van der Waals surface area contributed by atoms with Crippen LogP contribution < -0.4 is 10.6 Å². The Labute approximate surface area is 162 Å². The van der Waals surface area contributed by atoms with Gasteiger partial charge >= 0.3 is 5.97 Å². The first kappa shape index (κ1) is 21.4. The number of carbonyl (C=O) groups excluding carboxylic acids is 3. The maximum Gasteiger partial charge on any atom is 0.328 e. The molecule has 29 heavy (non-hydrogen) atoms. The molecule has 2 aromatic carbocycles. The molecule has 0 bridgehead atoms. The van der Waals surface area contributed by atoms with E-state index in [0.717, 1.165) is 18.2 Å². The number of benzene rings is 2. The number of nitrogens with one attached hydrogen (secondary N) is 2. The van der Waals surface area contributed by atoms with Crippen LogP contribution in [0, 0.1) is 21.7 Å². The number of nitro groups is 1. The first-order valence-corrected chi connectivity index (χ1v) is 8.14. The Morgan fingerprint density at radius 3 is 2.55 bits per heavy atom. The van der Waals surface area contributed by atoms with Gasteiger partial charge in [-0.15, -0.1) is 0 Å². The number of anilines is 1. The molecule has 0 radical (unpaired) electrons. The summed E-state index contributed by atoms with van der Waals surface area (Å²) in [6.07, 6.45) is 0. The predicted molar refractivity (Wildman–Crippen MR) is 96.0 cm³/mol. The van der Waals surface area contributed by atoms with Crippen LogP contribution in [-0.2, 0) is 14.3 Å². The average Bonchev–Trinajstić information content (AvgIpc) is 2.68. The number of carbonyl (C=O) groups is 3. The largest absolute Gasteiger partial charge is 0.454 e. The Morgan fingerprint density at radius 2 is 1.90 bits per heavy atom. The molecule has 11 heteroatoms. The van der Waals surface area contributed by atoms with E-state index in [-0.39, 0.29) is 16.9 Å². The molecular formula is C18H15F2N3O6. The van der Waals surface area contributed by atoms with E-state index in [9.17, 15) is 33.3 Å². The molecular weight excluding hydrogens is 392 g/mol. The lowest BCUT2D eigenvalue weighted by Crippen LogP contribution is -2.40. The molecule has 2 rings (SSSR count). The molecule has 0 unspecified atom stereocenters. The molecule has 152 valence electrons. The van der Waals surface area contributed by atoms with Gasteiger partial charge in [0, 0.05) is 23.8 Å². The molecule has 2 amide bonds. The number of halogens is 2. The van der Waals surface area contributed by atoms with Gasteiger partial charge in [-0.25, -0.2) is 13.6 Å². The summed E-state index contributed by atoms with van der Waals surface area (Å²) in [6.45, 7) is 0.516. The fraction of sp³-hybridized carbons (Fsp3) is 0.167. The van der Waals surface area contributed by atoms with Gasteiger partial charge in [0.2, 0.25) is 0 Å². The van der Waals surface area contributed by atoms with Crippen LogP contribution >= 0.6 is 0 Å². The second-order valence-corrected chi connectivity index (χ2v) is 5.78. The Balaban J connectivity index is 1.87. The minimum Gasteiger partial charge on any atom is -0.454 e. The van der Waals surface area contributed by atoms with Crippen LogP contribution in [-0.4, -0.2) is 35.4 Å². The summed E-state index contributed by atoms with van der Waals surface area (Å²) >= 11 is 0. The Bertz CT molecular complexity index is 966. The molecule has 0 aromatic heterocycles. The molecule has 0 aliphatic heterocycles. The van der Waals surface area contributed by atoms with Gasteiger partial charge in [-0.05, 0) is 25.1 Å². The van der Waals surface area contributed by atoms with Gasteiger partial charge in [0.15, 0.2) is 6.61 Å². The summed E-state index contributed by atoms with van der Waals surface area (Å²) in [5.74, 6) is -4.40. The number of esters is 1. The van der Waals surface area contributed by atoms with E-state index < -0.39 is 47.0 Å². The topological polar surface area (TPSA) is 128 Å². The van der Waals surface area contributed by atoms with Crippen LogP contribution in [0.15, 0.2) is 42.5 Å². The summed E-state index contributed by atoms with van der Waals surface area (Å²) < 4.78 is 31.0. The highest BCUT2D eigenvalue weighted by molar-refractivity contribution is 5.97. The number of nitro benzene ring substituents is 1. The van der Waals surface area contributed by atoms with Crippen molar-refractivity contribution >= 4 is 29.2 Å². The van der Waals surface area contributed by atoms with E-state index in [4.69, 9.17) is 4.74 Å². The highest BCUT2D eigenvalue weighted by Crippen LogP contribution is 2.15. The number of non-ortho nitro benzene ring substituents is 1. The van der Waals surface area contributed by atoms with E-state index in [0.29, 0.717) is 6.07 Å². The van der Waals surface area contributed by atoms with Crippen molar-refractivity contribution in [3.63, 3.8) is 0 Å². The predicted octanol–water partition coefficient (Wildman–Crippen LogP) is 2.17. The number of amides is 2. The van der Waals surface area contributed by atoms with Crippen molar-refractivity contribution in [1.82, 2.24) is 5.32 Å². The third-order valence-electron chi connectivity index (χ3n) is 3.57. The van der Waals surface area contributed by atoms with Gasteiger partial charge in [0.1, 0.15) is 17.7 Å². The van der Waals surface area contributed by atoms with E-state index in [2.05, 4.69) is 10.6 Å². The Hall–Kier alpha value is -3.89. The average molecular weight is 407 g/mol. The Morgan fingerprint density at radius 1 is 1.17 bits per heavy atom. The smallest absolute Gasteiger partial charge is 0.328 e. The summed E-state index contributed by atoms with van der Waals surface area (Å²) in [7, 11) is 0. The lowest BCUT2D eigenvalue weighted by Gasteiger charge is -2.13. The molecule has 2 aromatic rings. The zero-order valence-electron chi connectivity index (χ0n) is 15.0. The number of ether oxygens (including phenoxy) is 1. The number of hydrogen-bond donors (Lipinski definition) is 2. The summed E-state index contributed by atoms with van der Waals surface area (Å²) in [6, 6.07) is 6.24. The summed E-state index contributed by atoms with van der Waals surface area (Å²) in [4.78, 5) is 45.8. The van der Waals surface area contributed by atoms with Crippen molar-refractivity contribution in [2.24, 2.45) is 0 Å². The van der Waals surface area contributed by atoms with Gasteiger partial charge in [-0.1, -0.05) is 6.07 Å². The monoisotopic (exact) mass is 407 g/mol. The van der Waals surface area contributed by atoms with E-state index >= 15 is 0 Å². The number of hydrogen-bond acceptors (Lipinski definition) is 6. The number of rotatable bonds is 7. The van der Waals surface area contributed by atoms with Crippen molar-refractivity contribution in [2.75, 3.05) is 11.9 Å². The fourth-order valence-corrected chi connectivity index (χ4v) is 2.14. The van der Waals surface area contributed by atoms with Crippen molar-refractivity contribution < 1.29 is 32.8 Å². The van der Waals surface area contributed by atoms with Crippen LogP contribution in [0.25, 0.3) is 0 Å². The lowest BCUT2D eigenvalue weighted by molar-refractivity contribution is -0.384. The summed E-state index contributed by atoms with van der Waals surface area (Å²) in [5.41, 5.74) is -0.625. The van der Waals surface area contributed by atoms with Crippen molar-refractivity contribution in [1.29, 1.82) is 0 Å². The third kappa shape index (κ3) is 6.06. The summed E-state index contributed by atoms with van der Waals surface area (Å²) in [5, 5.41) is 15.1. The molecule has 0 saturated heterocycles. The van der Waals surface area contributed by atoms with Crippen LogP contribution in [0.1, 0.15) is 17.3 Å². The standard InChI is InChI=1S/C18H15F2N3O6/c1-10(21-17(25)11-3-2-4-13(7-11)23(27)28)18(26)29-9-16(24)22-15-6-5-12(19)8-14(15)20/h2-8,10H,9H2,1H3,(H,21,25)(H,22,24)/t10-/m0/s1. The molecule has 0 spiro atoms. The normalized spacial score (nSPS) is 11.3. The van der Waals surface area contributed by atoms with Crippen LogP contribution in [0.5, 0.6) is 0 Å². The van der Waals surface area contributed by atoms with Crippen LogP contribution in [0.2, 0.25) is 0 Å². The van der Waals surface area contributed by atoms with Crippen molar-refractivity contribution in [3.8, 4) is 0 Å². The van der Waals surface area contributed by atoms with Crippen LogP contribution in [0.4, 0.5) is 20.2 Å². The molecule has 0 saturated carbocycles. The second-order valence-electron chi connectivity index (χ2n) is 5.78. The molecule has 0 aliphatic rings. The van der Waals surface area contributed by atoms with Gasteiger partial charge in [-0.2, -0.15) is 0 Å². The minimum atomic E-state index is -1.17. The lowest BCUT2D eigenvalue weighted by atomic mass is 10.2. The minimum absolute atomic E-state index is 0.0385. The SMILES string of the molecule is C[C@H](NC(=O)c1cccc([N+](=O)[O-])c1)C(=O)OCC(=O)Nc1ccc(F)cc1F. The molecule has 0 aliphatic carbocycles. The maximum absolute atomic E-state index is 13.5. The fourth-order valence-electron chi connectivity index (χ4n) is 2.14. The number of nitrogens with zero attached hydrogens (tertiary/aromatic N) is 1. The second kappa shape index (κ2) is 9.35. The molecule has 0 fully saturated rings. The molecule has 2 N–H and O–H groups in total. The first-order valence-electron chi connectivity index (χ1n) is 8.14. The Kier molecular flexibility index (Phi) is 6.90.